The van der Waals surface area contributed by atoms with Gasteiger partial charge in [-0.25, -0.2) is 18.9 Å². The number of aromatic nitrogens is 4. The summed E-state index contributed by atoms with van der Waals surface area (Å²) in [5, 5.41) is 4.75. The highest BCUT2D eigenvalue weighted by atomic mass is 19.1. The van der Waals surface area contributed by atoms with Crippen molar-refractivity contribution in [1.29, 1.82) is 0 Å². The normalized spacial score (nSPS) is 21.5. The monoisotopic (exact) mass is 437 g/mol. The van der Waals surface area contributed by atoms with E-state index in [1.807, 2.05) is 19.2 Å². The lowest BCUT2D eigenvalue weighted by Gasteiger charge is -2.34. The van der Waals surface area contributed by atoms with Crippen molar-refractivity contribution < 1.29 is 9.18 Å². The van der Waals surface area contributed by atoms with Crippen molar-refractivity contribution in [3.8, 4) is 0 Å². The summed E-state index contributed by atoms with van der Waals surface area (Å²) in [7, 11) is 0. The van der Waals surface area contributed by atoms with Gasteiger partial charge >= 0.3 is 0 Å². The number of hydrogen-bond acceptors (Lipinski definition) is 6. The van der Waals surface area contributed by atoms with Crippen molar-refractivity contribution in [3.05, 3.63) is 52.9 Å². The van der Waals surface area contributed by atoms with Crippen molar-refractivity contribution in [1.82, 2.24) is 24.5 Å². The first-order valence-corrected chi connectivity index (χ1v) is 11.2. The fourth-order valence-corrected chi connectivity index (χ4v) is 4.79. The standard InChI is InChI=1S/C23H28FN7O/c1-14-9-17(24)21(26-11-14)23(32)30-7-4-3-5-19(30)18-10-20-27-22(15(2)12-31(20)28-18)29-8-6-16(25)13-29/h9-12,16,19H,3-8,13,25H2,1-2H3/t16-,19-/m0/s1. The Labute approximate surface area is 186 Å². The van der Waals surface area contributed by atoms with Crippen LogP contribution in [0.3, 0.4) is 0 Å². The predicted molar refractivity (Wildman–Crippen MR) is 119 cm³/mol. The number of nitrogens with zero attached hydrogens (tertiary/aromatic N) is 6. The summed E-state index contributed by atoms with van der Waals surface area (Å²) in [5.41, 5.74) is 9.17. The average molecular weight is 438 g/mol. The second-order valence-corrected chi connectivity index (χ2v) is 8.97. The van der Waals surface area contributed by atoms with E-state index in [0.29, 0.717) is 12.1 Å². The lowest BCUT2D eigenvalue weighted by molar-refractivity contribution is 0.0594. The van der Waals surface area contributed by atoms with Crippen LogP contribution in [0.4, 0.5) is 10.2 Å². The van der Waals surface area contributed by atoms with Gasteiger partial charge in [0.15, 0.2) is 17.2 Å². The topological polar surface area (TPSA) is 92.7 Å². The summed E-state index contributed by atoms with van der Waals surface area (Å²) < 4.78 is 16.2. The molecule has 0 radical (unpaired) electrons. The highest BCUT2D eigenvalue weighted by molar-refractivity contribution is 5.93. The van der Waals surface area contributed by atoms with Gasteiger partial charge in [-0.05, 0) is 51.2 Å². The van der Waals surface area contributed by atoms with E-state index in [9.17, 15) is 9.18 Å². The Morgan fingerprint density at radius 1 is 1.19 bits per heavy atom. The second-order valence-electron chi connectivity index (χ2n) is 8.97. The maximum Gasteiger partial charge on any atom is 0.276 e. The molecule has 2 aliphatic rings. The maximum atomic E-state index is 14.5. The molecule has 2 saturated heterocycles. The SMILES string of the molecule is Cc1cnc(C(=O)N2CCCC[C@H]2c2cc3nc(N4CC[C@H](N)C4)c(C)cn3n2)c(F)c1. The fraction of sp³-hybridized carbons (Fsp3) is 0.478. The molecule has 3 aromatic rings. The number of nitrogens with two attached hydrogens (primary N) is 1. The van der Waals surface area contributed by atoms with Crippen LogP contribution in [0.15, 0.2) is 24.5 Å². The number of likely N-dealkylation sites (tertiary alicyclic amines) is 1. The van der Waals surface area contributed by atoms with Gasteiger partial charge in [0.2, 0.25) is 0 Å². The molecule has 5 rings (SSSR count). The van der Waals surface area contributed by atoms with Gasteiger partial charge in [-0.2, -0.15) is 5.10 Å². The molecule has 0 bridgehead atoms. The number of fused-ring (bicyclic) bond motifs is 1. The molecule has 0 spiro atoms. The fourth-order valence-electron chi connectivity index (χ4n) is 4.79. The number of hydrogen-bond donors (Lipinski definition) is 1. The number of amides is 1. The van der Waals surface area contributed by atoms with E-state index < -0.39 is 5.82 Å². The summed E-state index contributed by atoms with van der Waals surface area (Å²) in [5.74, 6) is -0.0420. The third kappa shape index (κ3) is 3.70. The van der Waals surface area contributed by atoms with Crippen LogP contribution in [0.5, 0.6) is 0 Å². The lowest BCUT2D eigenvalue weighted by Crippen LogP contribution is -2.39. The van der Waals surface area contributed by atoms with Crippen LogP contribution in [0.25, 0.3) is 5.65 Å². The molecule has 0 aromatic carbocycles. The number of pyridine rings is 1. The zero-order chi connectivity index (χ0) is 22.4. The molecule has 32 heavy (non-hydrogen) atoms. The Bertz CT molecular complexity index is 1180. The van der Waals surface area contributed by atoms with Gasteiger partial charge in [0.25, 0.3) is 5.91 Å². The number of anilines is 1. The van der Waals surface area contributed by atoms with Gasteiger partial charge in [0.1, 0.15) is 5.82 Å². The molecule has 5 heterocycles. The largest absolute Gasteiger partial charge is 0.355 e. The van der Waals surface area contributed by atoms with Gasteiger partial charge in [0, 0.05) is 49.7 Å². The first kappa shape index (κ1) is 20.8. The third-order valence-corrected chi connectivity index (χ3v) is 6.43. The van der Waals surface area contributed by atoms with Crippen LogP contribution in [0.1, 0.15) is 59.0 Å². The van der Waals surface area contributed by atoms with Gasteiger partial charge < -0.3 is 15.5 Å². The van der Waals surface area contributed by atoms with Gasteiger partial charge in [-0.3, -0.25) is 4.79 Å². The highest BCUT2D eigenvalue weighted by Gasteiger charge is 2.33. The molecular weight excluding hydrogens is 409 g/mol. The quantitative estimate of drug-likeness (QED) is 0.677. The Hall–Kier alpha value is -3.07. The number of piperidine rings is 1. The van der Waals surface area contributed by atoms with Crippen molar-refractivity contribution in [2.24, 2.45) is 5.73 Å². The Morgan fingerprint density at radius 2 is 2.03 bits per heavy atom. The number of carbonyl (C=O) groups excluding carboxylic acids is 1. The van der Waals surface area contributed by atoms with Crippen LogP contribution in [-0.4, -0.2) is 56.1 Å². The van der Waals surface area contributed by atoms with Crippen molar-refractivity contribution in [2.45, 2.75) is 51.6 Å². The van der Waals surface area contributed by atoms with Crippen LogP contribution < -0.4 is 10.6 Å². The molecule has 3 aromatic heterocycles. The summed E-state index contributed by atoms with van der Waals surface area (Å²) >= 11 is 0. The molecule has 0 unspecified atom stereocenters. The van der Waals surface area contributed by atoms with Crippen molar-refractivity contribution in [3.63, 3.8) is 0 Å². The van der Waals surface area contributed by atoms with Gasteiger partial charge in [0.05, 0.1) is 11.7 Å². The average Bonchev–Trinajstić information content (AvgIpc) is 3.38. The Balaban J connectivity index is 1.47. The summed E-state index contributed by atoms with van der Waals surface area (Å²) in [4.78, 5) is 26.1. The zero-order valence-electron chi connectivity index (χ0n) is 18.5. The summed E-state index contributed by atoms with van der Waals surface area (Å²) in [6, 6.07) is 3.23. The molecule has 2 aliphatic heterocycles. The minimum absolute atomic E-state index is 0.132. The van der Waals surface area contributed by atoms with E-state index in [-0.39, 0.29) is 23.7 Å². The molecule has 168 valence electrons. The van der Waals surface area contributed by atoms with Gasteiger partial charge in [-0.1, -0.05) is 0 Å². The van der Waals surface area contributed by atoms with Crippen LogP contribution in [0, 0.1) is 19.7 Å². The molecule has 2 fully saturated rings. The molecule has 8 nitrogen and oxygen atoms in total. The van der Waals surface area contributed by atoms with E-state index in [1.54, 1.807) is 16.3 Å². The van der Waals surface area contributed by atoms with Crippen LogP contribution >= 0.6 is 0 Å². The van der Waals surface area contributed by atoms with Crippen LogP contribution in [-0.2, 0) is 0 Å². The number of aryl methyl sites for hydroxylation is 2. The van der Waals surface area contributed by atoms with E-state index in [0.717, 1.165) is 61.5 Å². The van der Waals surface area contributed by atoms with E-state index in [1.165, 1.54) is 12.3 Å². The number of halogens is 1. The molecule has 0 aliphatic carbocycles. The second kappa shape index (κ2) is 8.12. The van der Waals surface area contributed by atoms with E-state index in [2.05, 4.69) is 9.88 Å². The molecular formula is C23H28FN7O. The van der Waals surface area contributed by atoms with E-state index in [4.69, 9.17) is 15.8 Å². The molecule has 0 saturated carbocycles. The smallest absolute Gasteiger partial charge is 0.276 e. The van der Waals surface area contributed by atoms with Crippen LogP contribution in [0.2, 0.25) is 0 Å². The Kier molecular flexibility index (Phi) is 5.28. The molecule has 9 heteroatoms. The van der Waals surface area contributed by atoms with E-state index >= 15 is 0 Å². The molecule has 1 amide bonds. The van der Waals surface area contributed by atoms with Crippen molar-refractivity contribution in [2.75, 3.05) is 24.5 Å². The molecule has 2 atom stereocenters. The highest BCUT2D eigenvalue weighted by Crippen LogP contribution is 2.32. The predicted octanol–water partition coefficient (Wildman–Crippen LogP) is 2.79. The number of rotatable bonds is 3. The lowest BCUT2D eigenvalue weighted by atomic mass is 9.98. The maximum absolute atomic E-state index is 14.5. The first-order chi connectivity index (χ1) is 15.4. The zero-order valence-corrected chi connectivity index (χ0v) is 18.5. The molecule has 2 N–H and O–H groups in total. The Morgan fingerprint density at radius 3 is 2.78 bits per heavy atom. The summed E-state index contributed by atoms with van der Waals surface area (Å²) in [6.07, 6.45) is 7.09. The summed E-state index contributed by atoms with van der Waals surface area (Å²) in [6.45, 7) is 6.02. The third-order valence-electron chi connectivity index (χ3n) is 6.43. The van der Waals surface area contributed by atoms with Gasteiger partial charge in [-0.15, -0.1) is 0 Å². The first-order valence-electron chi connectivity index (χ1n) is 11.2. The minimum Gasteiger partial charge on any atom is -0.355 e. The number of carbonyl (C=O) groups is 1. The minimum atomic E-state index is -0.583. The van der Waals surface area contributed by atoms with Crippen molar-refractivity contribution >= 4 is 17.4 Å².